The summed E-state index contributed by atoms with van der Waals surface area (Å²) in [6, 6.07) is 3.29. The topological polar surface area (TPSA) is 72.5 Å². The van der Waals surface area contributed by atoms with E-state index in [2.05, 4.69) is 4.72 Å². The van der Waals surface area contributed by atoms with Gasteiger partial charge in [0.05, 0.1) is 11.5 Å². The number of nitrogens with one attached hydrogen (secondary N) is 1. The van der Waals surface area contributed by atoms with Crippen LogP contribution >= 0.6 is 0 Å². The zero-order valence-corrected chi connectivity index (χ0v) is 13.7. The lowest BCUT2D eigenvalue weighted by Crippen LogP contribution is -2.33. The Labute approximate surface area is 135 Å². The second kappa shape index (κ2) is 7.70. The van der Waals surface area contributed by atoms with Crippen molar-refractivity contribution in [1.29, 1.82) is 0 Å². The van der Waals surface area contributed by atoms with Crippen LogP contribution in [0, 0.1) is 5.82 Å². The number of carbonyl (C=O) groups is 1. The lowest BCUT2D eigenvalue weighted by atomic mass is 10.2. The van der Waals surface area contributed by atoms with Crippen LogP contribution in [0.2, 0.25) is 0 Å². The first kappa shape index (κ1) is 17.6. The molecule has 0 atom stereocenters. The number of carbonyl (C=O) groups excluding carboxylic acids is 1. The van der Waals surface area contributed by atoms with Crippen LogP contribution in [-0.4, -0.2) is 27.0 Å². The molecule has 0 unspecified atom stereocenters. The maximum absolute atomic E-state index is 13.4. The first-order chi connectivity index (χ1) is 10.9. The monoisotopic (exact) mass is 341 g/mol. The highest BCUT2D eigenvalue weighted by Gasteiger charge is 2.24. The van der Waals surface area contributed by atoms with Gasteiger partial charge < -0.3 is 4.74 Å². The van der Waals surface area contributed by atoms with E-state index in [1.807, 2.05) is 0 Å². The zero-order valence-electron chi connectivity index (χ0n) is 12.9. The third kappa shape index (κ3) is 4.87. The van der Waals surface area contributed by atoms with Gasteiger partial charge >= 0.3 is 5.97 Å². The van der Waals surface area contributed by atoms with E-state index < -0.39 is 21.8 Å². The molecule has 7 heteroatoms. The van der Waals surface area contributed by atoms with Gasteiger partial charge in [-0.2, -0.15) is 0 Å². The van der Waals surface area contributed by atoms with Crippen LogP contribution in [0.5, 0.6) is 0 Å². The van der Waals surface area contributed by atoms with Crippen molar-refractivity contribution in [1.82, 2.24) is 4.72 Å². The number of ether oxygens (including phenoxy) is 1. The fraction of sp³-hybridized carbons (Fsp3) is 0.438. The molecule has 1 saturated carbocycles. The Hall–Kier alpha value is -1.73. The number of esters is 1. The van der Waals surface area contributed by atoms with Crippen molar-refractivity contribution in [3.63, 3.8) is 0 Å². The van der Waals surface area contributed by atoms with Crippen LogP contribution in [0.15, 0.2) is 29.2 Å². The largest absolute Gasteiger partial charge is 0.463 e. The maximum Gasteiger partial charge on any atom is 0.330 e. The minimum atomic E-state index is -3.77. The van der Waals surface area contributed by atoms with E-state index in [4.69, 9.17) is 4.74 Å². The maximum atomic E-state index is 13.4. The van der Waals surface area contributed by atoms with Crippen molar-refractivity contribution >= 4 is 22.1 Å². The molecule has 0 spiro atoms. The van der Waals surface area contributed by atoms with Crippen LogP contribution in [-0.2, 0) is 19.6 Å². The number of rotatable bonds is 6. The lowest BCUT2D eigenvalue weighted by Gasteiger charge is -2.14. The van der Waals surface area contributed by atoms with Crippen LogP contribution in [0.25, 0.3) is 6.08 Å². The second-order valence-electron chi connectivity index (χ2n) is 5.37. The lowest BCUT2D eigenvalue weighted by molar-refractivity contribution is -0.137. The smallest absolute Gasteiger partial charge is 0.330 e. The van der Waals surface area contributed by atoms with Crippen LogP contribution in [0.4, 0.5) is 4.39 Å². The highest BCUT2D eigenvalue weighted by atomic mass is 32.2. The van der Waals surface area contributed by atoms with Crippen LogP contribution < -0.4 is 4.72 Å². The van der Waals surface area contributed by atoms with E-state index in [9.17, 15) is 17.6 Å². The second-order valence-corrected chi connectivity index (χ2v) is 7.05. The highest BCUT2D eigenvalue weighted by Crippen LogP contribution is 2.23. The molecule has 2 rings (SSSR count). The number of sulfonamides is 1. The Morgan fingerprint density at radius 1 is 1.39 bits per heavy atom. The highest BCUT2D eigenvalue weighted by molar-refractivity contribution is 7.89. The predicted molar refractivity (Wildman–Crippen MR) is 84.6 cm³/mol. The molecular formula is C16H20FNO4S. The van der Waals surface area contributed by atoms with Crippen molar-refractivity contribution < 1.29 is 22.3 Å². The third-order valence-electron chi connectivity index (χ3n) is 3.62. The average molecular weight is 341 g/mol. The van der Waals surface area contributed by atoms with E-state index in [0.29, 0.717) is 0 Å². The summed E-state index contributed by atoms with van der Waals surface area (Å²) < 4.78 is 45.8. The summed E-state index contributed by atoms with van der Waals surface area (Å²) >= 11 is 0. The van der Waals surface area contributed by atoms with E-state index in [-0.39, 0.29) is 23.1 Å². The van der Waals surface area contributed by atoms with E-state index in [0.717, 1.165) is 43.9 Å². The third-order valence-corrected chi connectivity index (χ3v) is 5.22. The normalized spacial score (nSPS) is 16.1. The number of hydrogen-bond acceptors (Lipinski definition) is 4. The van der Waals surface area contributed by atoms with Gasteiger partial charge in [-0.15, -0.1) is 0 Å². The van der Waals surface area contributed by atoms with Gasteiger partial charge in [0.25, 0.3) is 0 Å². The molecule has 0 heterocycles. The van der Waals surface area contributed by atoms with Crippen LogP contribution in [0.1, 0.15) is 38.2 Å². The van der Waals surface area contributed by atoms with Gasteiger partial charge in [-0.05, 0) is 49.6 Å². The standard InChI is InChI=1S/C16H20FNO4S/c1-2-22-16(19)10-7-12-11-13(17)8-9-15(12)23(20,21)18-14-5-3-4-6-14/h7-11,14,18H,2-6H2,1H3/b10-7+. The SMILES string of the molecule is CCOC(=O)/C=C/c1cc(F)ccc1S(=O)(=O)NC1CCCC1. The van der Waals surface area contributed by atoms with Gasteiger partial charge in [-0.1, -0.05) is 12.8 Å². The molecular weight excluding hydrogens is 321 g/mol. The molecule has 126 valence electrons. The molecule has 23 heavy (non-hydrogen) atoms. The van der Waals surface area contributed by atoms with Crippen molar-refractivity contribution in [2.75, 3.05) is 6.61 Å². The Bertz CT molecular complexity index is 694. The molecule has 1 fully saturated rings. The molecule has 0 aliphatic heterocycles. The number of benzene rings is 1. The fourth-order valence-corrected chi connectivity index (χ4v) is 4.06. The summed E-state index contributed by atoms with van der Waals surface area (Å²) in [5, 5.41) is 0. The first-order valence-electron chi connectivity index (χ1n) is 7.59. The minimum Gasteiger partial charge on any atom is -0.463 e. The molecule has 1 aromatic rings. The zero-order chi connectivity index (χ0) is 16.9. The summed E-state index contributed by atoms with van der Waals surface area (Å²) in [5.74, 6) is -1.18. The van der Waals surface area contributed by atoms with Crippen molar-refractivity contribution in [2.45, 2.75) is 43.5 Å². The Morgan fingerprint density at radius 3 is 2.74 bits per heavy atom. The molecule has 1 aliphatic carbocycles. The number of hydrogen-bond donors (Lipinski definition) is 1. The Balaban J connectivity index is 2.28. The molecule has 0 bridgehead atoms. The van der Waals surface area contributed by atoms with Gasteiger partial charge in [-0.25, -0.2) is 22.3 Å². The van der Waals surface area contributed by atoms with Crippen molar-refractivity contribution in [2.24, 2.45) is 0 Å². The molecule has 1 aliphatic rings. The summed E-state index contributed by atoms with van der Waals surface area (Å²) in [5.41, 5.74) is 0.114. The average Bonchev–Trinajstić information content (AvgIpc) is 2.97. The van der Waals surface area contributed by atoms with Gasteiger partial charge in [0.15, 0.2) is 0 Å². The van der Waals surface area contributed by atoms with Gasteiger partial charge in [-0.3, -0.25) is 0 Å². The van der Waals surface area contributed by atoms with Gasteiger partial charge in [0.2, 0.25) is 10.0 Å². The molecule has 0 saturated heterocycles. The van der Waals surface area contributed by atoms with E-state index in [1.165, 1.54) is 12.1 Å². The van der Waals surface area contributed by atoms with Crippen molar-refractivity contribution in [3.05, 3.63) is 35.7 Å². The molecule has 0 amide bonds. The molecule has 1 N–H and O–H groups in total. The van der Waals surface area contributed by atoms with E-state index >= 15 is 0 Å². The van der Waals surface area contributed by atoms with Gasteiger partial charge in [0, 0.05) is 12.1 Å². The Kier molecular flexibility index (Phi) is 5.90. The molecule has 0 radical (unpaired) electrons. The van der Waals surface area contributed by atoms with Gasteiger partial charge in [0.1, 0.15) is 5.82 Å². The summed E-state index contributed by atoms with van der Waals surface area (Å²) in [7, 11) is -3.77. The first-order valence-corrected chi connectivity index (χ1v) is 9.07. The minimum absolute atomic E-state index is 0.0497. The molecule has 1 aromatic carbocycles. The molecule has 0 aromatic heterocycles. The number of halogens is 1. The van der Waals surface area contributed by atoms with Crippen LogP contribution in [0.3, 0.4) is 0 Å². The molecule has 5 nitrogen and oxygen atoms in total. The summed E-state index contributed by atoms with van der Waals surface area (Å²) in [6.07, 6.45) is 5.93. The summed E-state index contributed by atoms with van der Waals surface area (Å²) in [4.78, 5) is 11.3. The quantitative estimate of drug-likeness (QED) is 0.638. The summed E-state index contributed by atoms with van der Waals surface area (Å²) in [6.45, 7) is 1.87. The van der Waals surface area contributed by atoms with Crippen molar-refractivity contribution in [3.8, 4) is 0 Å². The Morgan fingerprint density at radius 2 is 2.09 bits per heavy atom. The predicted octanol–water partition coefficient (Wildman–Crippen LogP) is 2.62. The van der Waals surface area contributed by atoms with E-state index in [1.54, 1.807) is 6.92 Å². The fourth-order valence-electron chi connectivity index (χ4n) is 2.57.